The van der Waals surface area contributed by atoms with E-state index >= 15 is 0 Å². The summed E-state index contributed by atoms with van der Waals surface area (Å²) in [6, 6.07) is 21.0. The number of hydrogen-bond acceptors (Lipinski definition) is 7. The van der Waals surface area contributed by atoms with E-state index in [9.17, 15) is 28.0 Å². The highest BCUT2D eigenvalue weighted by Crippen LogP contribution is 2.36. The molecular weight excluding hydrogens is 549 g/mol. The van der Waals surface area contributed by atoms with Crippen LogP contribution in [0.25, 0.3) is 0 Å². The molecule has 3 aromatic rings. The molecule has 0 bridgehead atoms. The Morgan fingerprint density at radius 3 is 2.42 bits per heavy atom. The summed E-state index contributed by atoms with van der Waals surface area (Å²) < 4.78 is 47.4. The van der Waals surface area contributed by atoms with Gasteiger partial charge in [-0.05, 0) is 29.8 Å². The van der Waals surface area contributed by atoms with Gasteiger partial charge in [0, 0.05) is 22.4 Å². The number of carbonyl (C=O) groups is 2. The van der Waals surface area contributed by atoms with Gasteiger partial charge in [0.2, 0.25) is 5.91 Å². The number of fused-ring (bicyclic) bond motifs is 1. The van der Waals surface area contributed by atoms with E-state index in [1.807, 2.05) is 36.4 Å². The lowest BCUT2D eigenvalue weighted by Crippen LogP contribution is -2.38. The zero-order valence-electron chi connectivity index (χ0n) is 21.0. The Morgan fingerprint density at radius 1 is 1.05 bits per heavy atom. The van der Waals surface area contributed by atoms with Gasteiger partial charge in [-0.25, -0.2) is 4.79 Å². The van der Waals surface area contributed by atoms with E-state index in [1.54, 1.807) is 41.3 Å². The van der Waals surface area contributed by atoms with Crippen molar-refractivity contribution in [2.24, 2.45) is 5.16 Å². The van der Waals surface area contributed by atoms with Gasteiger partial charge in [-0.1, -0.05) is 53.7 Å². The van der Waals surface area contributed by atoms with Crippen molar-refractivity contribution in [3.63, 3.8) is 0 Å². The Balaban J connectivity index is 1.37. The third-order valence-corrected chi connectivity index (χ3v) is 7.00. The lowest BCUT2D eigenvalue weighted by molar-refractivity contribution is -0.192. The molecule has 3 aromatic carbocycles. The fourth-order valence-corrected chi connectivity index (χ4v) is 5.05. The molecule has 0 aliphatic carbocycles. The summed E-state index contributed by atoms with van der Waals surface area (Å²) in [5.74, 6) is -0.875. The molecule has 1 unspecified atom stereocenters. The summed E-state index contributed by atoms with van der Waals surface area (Å²) in [6.45, 7) is -1.22. The number of ether oxygens (including phenoxy) is 2. The van der Waals surface area contributed by atoms with Crippen molar-refractivity contribution in [1.29, 1.82) is 0 Å². The number of nitrogens with zero attached hydrogens (tertiary/aromatic N) is 2. The first-order valence-corrected chi connectivity index (χ1v) is 13.1. The van der Waals surface area contributed by atoms with E-state index in [2.05, 4.69) is 9.89 Å². The highest BCUT2D eigenvalue weighted by Gasteiger charge is 2.31. The molecule has 12 heteroatoms. The summed E-state index contributed by atoms with van der Waals surface area (Å²) in [4.78, 5) is 26.4. The third-order valence-electron chi connectivity index (χ3n) is 5.98. The lowest BCUT2D eigenvalue weighted by Gasteiger charge is -2.29. The third kappa shape index (κ3) is 7.54. The molecule has 1 heterocycles. The molecule has 2 N–H and O–H groups in total. The monoisotopic (exact) mass is 574 g/mol. The molecule has 0 spiro atoms. The Hall–Kier alpha value is -4.03. The number of anilines is 1. The van der Waals surface area contributed by atoms with E-state index in [1.165, 1.54) is 11.8 Å². The zero-order valence-corrected chi connectivity index (χ0v) is 21.8. The van der Waals surface area contributed by atoms with Crippen LogP contribution in [0, 0.1) is 0 Å². The molecule has 1 aliphatic heterocycles. The second-order valence-electron chi connectivity index (χ2n) is 8.78. The van der Waals surface area contributed by atoms with Crippen LogP contribution in [0.5, 0.6) is 5.75 Å². The molecule has 1 atom stereocenters. The summed E-state index contributed by atoms with van der Waals surface area (Å²) in [5.41, 5.74) is 3.06. The minimum atomic E-state index is -4.62. The van der Waals surface area contributed by atoms with E-state index in [0.717, 1.165) is 10.5 Å². The van der Waals surface area contributed by atoms with Crippen LogP contribution in [0.3, 0.4) is 0 Å². The topological polar surface area (TPSA) is 109 Å². The van der Waals surface area contributed by atoms with Crippen LogP contribution in [0.4, 0.5) is 18.9 Å². The number of thioether (sulfide) groups is 1. The van der Waals surface area contributed by atoms with E-state index in [0.29, 0.717) is 28.3 Å². The summed E-state index contributed by atoms with van der Waals surface area (Å²) in [7, 11) is 0. The summed E-state index contributed by atoms with van der Waals surface area (Å²) in [5, 5.41) is 22.2. The number of hydrogen-bond donors (Lipinski definition) is 2. The molecule has 0 saturated carbocycles. The van der Waals surface area contributed by atoms with Crippen molar-refractivity contribution in [3.05, 3.63) is 89.5 Å². The normalized spacial score (nSPS) is 14.5. The number of aliphatic carboxylic acids is 1. The largest absolute Gasteiger partial charge is 0.492 e. The second-order valence-corrected chi connectivity index (χ2v) is 9.80. The molecule has 40 heavy (non-hydrogen) atoms. The van der Waals surface area contributed by atoms with Crippen molar-refractivity contribution in [3.8, 4) is 5.75 Å². The van der Waals surface area contributed by atoms with Gasteiger partial charge < -0.3 is 24.7 Å². The molecule has 0 aromatic heterocycles. The maximum Gasteiger partial charge on any atom is 0.411 e. The van der Waals surface area contributed by atoms with Crippen molar-refractivity contribution < 1.29 is 42.5 Å². The fourth-order valence-electron chi connectivity index (χ4n) is 4.08. The molecule has 4 rings (SSSR count). The number of amides is 1. The first kappa shape index (κ1) is 29.0. The van der Waals surface area contributed by atoms with Crippen LogP contribution in [0.15, 0.2) is 82.8 Å². The predicted octanol–water partition coefficient (Wildman–Crippen LogP) is 5.01. The average molecular weight is 575 g/mol. The van der Waals surface area contributed by atoms with Gasteiger partial charge in [0.15, 0.2) is 6.10 Å². The lowest BCUT2D eigenvalue weighted by atomic mass is 10.0. The van der Waals surface area contributed by atoms with E-state index < -0.39 is 24.9 Å². The smallest absolute Gasteiger partial charge is 0.411 e. The van der Waals surface area contributed by atoms with Gasteiger partial charge in [0.25, 0.3) is 0 Å². The maximum absolute atomic E-state index is 12.7. The standard InChI is InChI=1S/C28H25F3N2O6S/c29-28(30,31)17-39-23(27(35)36)14-18-6-9-21(10-7-18)38-13-12-33-22-11-8-20(15-24(22)40-16-25(33)34)26(32-37)19-4-2-1-3-5-19/h1-11,15,23,37H,12-14,16-17H2,(H,35,36). The molecule has 210 valence electrons. The van der Waals surface area contributed by atoms with E-state index in [4.69, 9.17) is 9.84 Å². The van der Waals surface area contributed by atoms with Gasteiger partial charge in [-0.15, -0.1) is 11.8 Å². The quantitative estimate of drug-likeness (QED) is 0.188. The highest BCUT2D eigenvalue weighted by molar-refractivity contribution is 8.00. The van der Waals surface area contributed by atoms with Crippen molar-refractivity contribution >= 4 is 35.0 Å². The van der Waals surface area contributed by atoms with Crippen molar-refractivity contribution in [2.45, 2.75) is 23.6 Å². The van der Waals surface area contributed by atoms with Crippen LogP contribution in [-0.2, 0) is 20.7 Å². The number of carbonyl (C=O) groups excluding carboxylic acids is 1. The van der Waals surface area contributed by atoms with Crippen molar-refractivity contribution in [1.82, 2.24) is 0 Å². The number of carboxylic acids is 1. The van der Waals surface area contributed by atoms with Crippen LogP contribution in [0.1, 0.15) is 16.7 Å². The summed E-state index contributed by atoms with van der Waals surface area (Å²) >= 11 is 1.40. The van der Waals surface area contributed by atoms with Crippen molar-refractivity contribution in [2.75, 3.05) is 30.4 Å². The molecule has 8 nitrogen and oxygen atoms in total. The zero-order chi connectivity index (χ0) is 28.7. The molecule has 1 amide bonds. The molecule has 1 aliphatic rings. The number of carboxylic acid groups (broad SMARTS) is 1. The van der Waals surface area contributed by atoms with Crippen LogP contribution < -0.4 is 9.64 Å². The highest BCUT2D eigenvalue weighted by atomic mass is 32.2. The van der Waals surface area contributed by atoms with Gasteiger partial charge in [-0.3, -0.25) is 4.79 Å². The first-order chi connectivity index (χ1) is 19.1. The van der Waals surface area contributed by atoms with Crippen LogP contribution in [-0.4, -0.2) is 65.7 Å². The van der Waals surface area contributed by atoms with Crippen LogP contribution in [0.2, 0.25) is 0 Å². The minimum Gasteiger partial charge on any atom is -0.492 e. The molecule has 0 fully saturated rings. The van der Waals surface area contributed by atoms with E-state index in [-0.39, 0.29) is 31.2 Å². The Morgan fingerprint density at radius 2 is 1.77 bits per heavy atom. The number of alkyl halides is 3. The fraction of sp³-hybridized carbons (Fsp3) is 0.250. The molecule has 0 saturated heterocycles. The number of oxime groups is 1. The number of benzene rings is 3. The molecule has 0 radical (unpaired) electrons. The maximum atomic E-state index is 12.7. The van der Waals surface area contributed by atoms with Gasteiger partial charge in [0.1, 0.15) is 24.7 Å². The van der Waals surface area contributed by atoms with Crippen LogP contribution >= 0.6 is 11.8 Å². The SMILES string of the molecule is O=C(O)C(Cc1ccc(OCCN2C(=O)CSc3cc(C(=NO)c4ccccc4)ccc32)cc1)OCC(F)(F)F. The number of rotatable bonds is 11. The second kappa shape index (κ2) is 12.9. The minimum absolute atomic E-state index is 0.0816. The van der Waals surface area contributed by atoms with Gasteiger partial charge in [-0.2, -0.15) is 13.2 Å². The Kier molecular flexibility index (Phi) is 9.33. The first-order valence-electron chi connectivity index (χ1n) is 12.1. The average Bonchev–Trinajstić information content (AvgIpc) is 2.93. The number of halogens is 3. The molecular formula is C28H25F3N2O6S. The van der Waals surface area contributed by atoms with Gasteiger partial charge >= 0.3 is 12.1 Å². The van der Waals surface area contributed by atoms with Gasteiger partial charge in [0.05, 0.1) is 18.0 Å². The Bertz CT molecular complexity index is 1370. The predicted molar refractivity (Wildman–Crippen MR) is 142 cm³/mol. The Labute approximate surface area is 232 Å². The summed E-state index contributed by atoms with van der Waals surface area (Å²) in [6.07, 6.45) is -6.50.